The highest BCUT2D eigenvalue weighted by atomic mass is 35.5. The van der Waals surface area contributed by atoms with Gasteiger partial charge in [-0.1, -0.05) is 59.6 Å². The van der Waals surface area contributed by atoms with Crippen molar-refractivity contribution in [1.82, 2.24) is 19.8 Å². The smallest absolute Gasteiger partial charge is 0.410 e. The van der Waals surface area contributed by atoms with Crippen molar-refractivity contribution >= 4 is 69.4 Å². The second kappa shape index (κ2) is 16.6. The average Bonchev–Trinajstić information content (AvgIpc) is 3.82. The topological polar surface area (TPSA) is 138 Å². The van der Waals surface area contributed by atoms with Crippen LogP contribution >= 0.6 is 23.2 Å². The van der Waals surface area contributed by atoms with E-state index in [2.05, 4.69) is 25.2 Å². The first-order valence-electron chi connectivity index (χ1n) is 18.4. The predicted octanol–water partition coefficient (Wildman–Crippen LogP) is 8.71. The van der Waals surface area contributed by atoms with E-state index < -0.39 is 5.60 Å². The number of halogens is 2. The normalized spacial score (nSPS) is 14.8. The molecule has 8 rings (SSSR count). The monoisotopic (exact) mass is 788 g/mol. The molecule has 3 aliphatic rings. The zero-order valence-electron chi connectivity index (χ0n) is 31.4. The van der Waals surface area contributed by atoms with Crippen molar-refractivity contribution in [3.8, 4) is 0 Å². The van der Waals surface area contributed by atoms with E-state index in [0.29, 0.717) is 41.1 Å². The number of carbonyl (C=O) groups is 2. The van der Waals surface area contributed by atoms with Gasteiger partial charge in [0.25, 0.3) is 5.91 Å². The van der Waals surface area contributed by atoms with Crippen LogP contribution in [0.4, 0.5) is 27.5 Å². The molecule has 1 fully saturated rings. The molecule has 11 nitrogen and oxygen atoms in total. The molecule has 13 heteroatoms. The molecule has 3 aromatic carbocycles. The first kappa shape index (κ1) is 38.6. The summed E-state index contributed by atoms with van der Waals surface area (Å²) >= 11 is 11.9. The number of nitrogens with one attached hydrogen (secondary N) is 1. The Morgan fingerprint density at radius 1 is 0.768 bits per heavy atom. The molecular weight excluding hydrogens is 747 g/mol. The van der Waals surface area contributed by atoms with Gasteiger partial charge in [-0.25, -0.2) is 19.8 Å². The molecule has 0 unspecified atom stereocenters. The van der Waals surface area contributed by atoms with Gasteiger partial charge in [0.2, 0.25) is 0 Å². The summed E-state index contributed by atoms with van der Waals surface area (Å²) in [5.41, 5.74) is 16.2. The molecule has 3 N–H and O–H groups in total. The number of ether oxygens (including phenoxy) is 1. The summed E-state index contributed by atoms with van der Waals surface area (Å²) in [7, 11) is 0. The van der Waals surface area contributed by atoms with Crippen LogP contribution in [0.3, 0.4) is 0 Å². The summed E-state index contributed by atoms with van der Waals surface area (Å²) in [5.74, 6) is -0.184. The van der Waals surface area contributed by atoms with Gasteiger partial charge in [-0.2, -0.15) is 0 Å². The van der Waals surface area contributed by atoms with Gasteiger partial charge in [0.15, 0.2) is 0 Å². The Morgan fingerprint density at radius 3 is 1.91 bits per heavy atom. The molecular formula is C43H42Cl2N8O3. The number of para-hydroxylation sites is 2. The second-order valence-electron chi connectivity index (χ2n) is 14.8. The summed E-state index contributed by atoms with van der Waals surface area (Å²) in [5, 5.41) is 3.93. The van der Waals surface area contributed by atoms with Crippen molar-refractivity contribution in [1.29, 1.82) is 0 Å². The zero-order valence-corrected chi connectivity index (χ0v) is 32.9. The van der Waals surface area contributed by atoms with Crippen LogP contribution in [0.5, 0.6) is 0 Å². The molecule has 0 radical (unpaired) electrons. The van der Waals surface area contributed by atoms with Gasteiger partial charge < -0.3 is 20.7 Å². The van der Waals surface area contributed by atoms with Gasteiger partial charge in [-0.3, -0.25) is 14.7 Å². The van der Waals surface area contributed by atoms with E-state index in [-0.39, 0.29) is 12.0 Å². The van der Waals surface area contributed by atoms with E-state index >= 15 is 0 Å². The number of rotatable bonds is 6. The van der Waals surface area contributed by atoms with Gasteiger partial charge in [-0.05, 0) is 86.0 Å². The van der Waals surface area contributed by atoms with Gasteiger partial charge in [0.1, 0.15) is 15.9 Å². The molecule has 56 heavy (non-hydrogen) atoms. The predicted molar refractivity (Wildman–Crippen MR) is 223 cm³/mol. The number of nitrogens with two attached hydrogens (primary N) is 1. The Bertz CT molecular complexity index is 2330. The summed E-state index contributed by atoms with van der Waals surface area (Å²) in [6.07, 6.45) is 4.55. The highest BCUT2D eigenvalue weighted by molar-refractivity contribution is 6.30. The quantitative estimate of drug-likeness (QED) is 0.130. The van der Waals surface area contributed by atoms with Gasteiger partial charge in [0.05, 0.1) is 34.2 Å². The first-order chi connectivity index (χ1) is 26.9. The molecule has 5 heterocycles. The minimum atomic E-state index is -0.492. The van der Waals surface area contributed by atoms with Crippen LogP contribution in [0.25, 0.3) is 0 Å². The van der Waals surface area contributed by atoms with E-state index in [0.717, 1.165) is 82.4 Å². The number of nitrogen functional groups attached to an aromatic ring is 1. The number of benzene rings is 3. The maximum atomic E-state index is 13.1. The number of nitrogens with zero attached hydrogens (tertiary/aromatic N) is 6. The van der Waals surface area contributed by atoms with Crippen molar-refractivity contribution < 1.29 is 14.3 Å². The number of hydrogen-bond acceptors (Lipinski definition) is 9. The summed E-state index contributed by atoms with van der Waals surface area (Å²) in [6.45, 7) is 9.20. The zero-order chi connectivity index (χ0) is 39.4. The molecule has 2 aromatic heterocycles. The lowest BCUT2D eigenvalue weighted by molar-refractivity contribution is 0.0139. The lowest BCUT2D eigenvalue weighted by atomic mass is 10.0. The third kappa shape index (κ3) is 9.42. The largest absolute Gasteiger partial charge is 0.444 e. The number of anilines is 2. The number of aromatic nitrogens is 2. The van der Waals surface area contributed by atoms with E-state index in [4.69, 9.17) is 38.7 Å². The van der Waals surface area contributed by atoms with Crippen LogP contribution in [0.1, 0.15) is 58.9 Å². The highest BCUT2D eigenvalue weighted by Gasteiger charge is 2.26. The van der Waals surface area contributed by atoms with Crippen LogP contribution in [0, 0.1) is 0 Å². The van der Waals surface area contributed by atoms with Gasteiger partial charge >= 0.3 is 6.09 Å². The maximum absolute atomic E-state index is 13.1. The van der Waals surface area contributed by atoms with Crippen molar-refractivity contribution in [2.24, 2.45) is 9.98 Å². The number of fused-ring (bicyclic) bond motifs is 2. The SMILES string of the molecule is CC(C)(C)OC(=O)N1CCN(Cc2ccc(C(=O)Nc3cccc4c3N=C(c3ccnc(Cl)c3)C4)cc2)CC1.Nc1cccc2c1N=C(c1ccnc(Cl)c1)C2. The van der Waals surface area contributed by atoms with Crippen LogP contribution in [-0.2, 0) is 24.1 Å². The fourth-order valence-electron chi connectivity index (χ4n) is 6.69. The van der Waals surface area contributed by atoms with Crippen molar-refractivity contribution in [3.05, 3.63) is 141 Å². The third-order valence-electron chi connectivity index (χ3n) is 9.49. The molecule has 0 atom stereocenters. The van der Waals surface area contributed by atoms with Gasteiger partial charge in [0, 0.05) is 74.6 Å². The Balaban J connectivity index is 0.000000234. The Labute approximate surface area is 336 Å². The van der Waals surface area contributed by atoms with Crippen LogP contribution in [-0.4, -0.2) is 75.0 Å². The molecule has 0 saturated carbocycles. The lowest BCUT2D eigenvalue weighted by Crippen LogP contribution is -2.49. The second-order valence-corrected chi connectivity index (χ2v) is 15.5. The first-order valence-corrected chi connectivity index (χ1v) is 19.1. The molecule has 2 amide bonds. The Morgan fingerprint density at radius 2 is 1.34 bits per heavy atom. The molecule has 0 bridgehead atoms. The molecule has 1 saturated heterocycles. The van der Waals surface area contributed by atoms with Crippen molar-refractivity contribution in [2.45, 2.75) is 45.8 Å². The fourth-order valence-corrected chi connectivity index (χ4v) is 7.04. The average molecular weight is 790 g/mol. The van der Waals surface area contributed by atoms with Crippen LogP contribution in [0.15, 0.2) is 107 Å². The van der Waals surface area contributed by atoms with E-state index in [1.165, 1.54) is 0 Å². The lowest BCUT2D eigenvalue weighted by Gasteiger charge is -2.35. The standard InChI is InChI=1S/C30H32ClN5O3.C13H10ClN3/c1-30(2,3)39-29(38)36-15-13-35(14-16-36)19-20-7-9-21(10-8-20)28(37)34-24-6-4-5-23-17-25(33-27(23)24)22-11-12-32-26(31)18-22;14-12-7-8(4-5-16-12)11-6-9-2-1-3-10(15)13(9)17-11/h4-12,18H,13-17,19H2,1-3H3,(H,34,37);1-5,7H,6,15H2. The molecule has 3 aliphatic heterocycles. The number of piperazine rings is 1. The number of amides is 2. The molecule has 0 spiro atoms. The van der Waals surface area contributed by atoms with Crippen LogP contribution in [0.2, 0.25) is 10.3 Å². The minimum absolute atomic E-state index is 0.184. The van der Waals surface area contributed by atoms with Crippen molar-refractivity contribution in [3.63, 3.8) is 0 Å². The van der Waals surface area contributed by atoms with Crippen LogP contribution < -0.4 is 11.1 Å². The molecule has 5 aromatic rings. The number of pyridine rings is 2. The van der Waals surface area contributed by atoms with E-state index in [9.17, 15) is 9.59 Å². The van der Waals surface area contributed by atoms with Gasteiger partial charge in [-0.15, -0.1) is 0 Å². The molecule has 286 valence electrons. The number of carbonyl (C=O) groups excluding carboxylic acids is 2. The van der Waals surface area contributed by atoms with E-state index in [1.807, 2.05) is 99.6 Å². The summed E-state index contributed by atoms with van der Waals surface area (Å²) in [6, 6.07) is 26.7. The number of aliphatic imine (C=N–C) groups is 2. The van der Waals surface area contributed by atoms with Crippen molar-refractivity contribution in [2.75, 3.05) is 37.2 Å². The summed E-state index contributed by atoms with van der Waals surface area (Å²) in [4.78, 5) is 46.8. The maximum Gasteiger partial charge on any atom is 0.410 e. The summed E-state index contributed by atoms with van der Waals surface area (Å²) < 4.78 is 5.48. The number of hydrogen-bond donors (Lipinski definition) is 2. The third-order valence-corrected chi connectivity index (χ3v) is 9.91. The fraction of sp³-hybridized carbons (Fsp3) is 0.256. The van der Waals surface area contributed by atoms with E-state index in [1.54, 1.807) is 23.4 Å². The Kier molecular flexibility index (Phi) is 11.5. The Hall–Kier alpha value is -5.62. The highest BCUT2D eigenvalue weighted by Crippen LogP contribution is 2.37. The molecule has 0 aliphatic carbocycles. The minimum Gasteiger partial charge on any atom is -0.444 e.